The first-order valence-corrected chi connectivity index (χ1v) is 4.25. The highest BCUT2D eigenvalue weighted by molar-refractivity contribution is 9.09. The van der Waals surface area contributed by atoms with Gasteiger partial charge in [0.1, 0.15) is 6.10 Å². The monoisotopic (exact) mass is 206 g/mol. The molecule has 58 valence electrons. The Balaban J connectivity index is 3.62. The minimum atomic E-state index is -0.355. The van der Waals surface area contributed by atoms with Gasteiger partial charge in [-0.2, -0.15) is 0 Å². The van der Waals surface area contributed by atoms with E-state index >= 15 is 0 Å². The molecule has 0 N–H and O–H groups in total. The van der Waals surface area contributed by atoms with Crippen LogP contribution in [0.2, 0.25) is 0 Å². The number of hydrogen-bond acceptors (Lipinski definition) is 2. The Morgan fingerprint density at radius 3 is 2.80 bits per heavy atom. The van der Waals surface area contributed by atoms with Crippen molar-refractivity contribution < 1.29 is 9.53 Å². The fourth-order valence-electron chi connectivity index (χ4n) is 0.436. The standard InChI is InChI=1S/C7H11BrO2/c1-3-6(5-8)10-7(9)4-2/h4,6H,2-3,5H2,1H3. The molecule has 0 radical (unpaired) electrons. The lowest BCUT2D eigenvalue weighted by molar-refractivity contribution is -0.141. The maximum atomic E-state index is 10.6. The van der Waals surface area contributed by atoms with Crippen LogP contribution in [0.5, 0.6) is 0 Å². The molecule has 0 aromatic carbocycles. The number of ether oxygens (including phenoxy) is 1. The van der Waals surface area contributed by atoms with E-state index in [9.17, 15) is 4.79 Å². The van der Waals surface area contributed by atoms with E-state index in [1.807, 2.05) is 6.92 Å². The molecule has 0 aromatic heterocycles. The van der Waals surface area contributed by atoms with Gasteiger partial charge in [-0.25, -0.2) is 4.79 Å². The number of hydrogen-bond donors (Lipinski definition) is 0. The number of carbonyl (C=O) groups excluding carboxylic acids is 1. The van der Waals surface area contributed by atoms with E-state index in [1.54, 1.807) is 0 Å². The van der Waals surface area contributed by atoms with Crippen LogP contribution in [-0.2, 0) is 9.53 Å². The van der Waals surface area contributed by atoms with Crippen molar-refractivity contribution in [1.29, 1.82) is 0 Å². The Bertz CT molecular complexity index is 119. The Morgan fingerprint density at radius 2 is 2.50 bits per heavy atom. The summed E-state index contributed by atoms with van der Waals surface area (Å²) >= 11 is 3.22. The summed E-state index contributed by atoms with van der Waals surface area (Å²) in [4.78, 5) is 10.6. The molecule has 0 amide bonds. The summed E-state index contributed by atoms with van der Waals surface area (Å²) in [5, 5.41) is 0.684. The number of rotatable bonds is 4. The largest absolute Gasteiger partial charge is 0.458 e. The molecule has 3 heteroatoms. The van der Waals surface area contributed by atoms with Crippen molar-refractivity contribution in [3.05, 3.63) is 12.7 Å². The molecule has 0 aliphatic carbocycles. The number of carbonyl (C=O) groups is 1. The summed E-state index contributed by atoms with van der Waals surface area (Å²) in [6.07, 6.45) is 1.97. The van der Waals surface area contributed by atoms with Crippen LogP contribution in [0, 0.1) is 0 Å². The van der Waals surface area contributed by atoms with E-state index < -0.39 is 0 Å². The lowest BCUT2D eigenvalue weighted by Gasteiger charge is -2.10. The van der Waals surface area contributed by atoms with Gasteiger partial charge in [0.25, 0.3) is 0 Å². The van der Waals surface area contributed by atoms with E-state index in [1.165, 1.54) is 6.08 Å². The number of alkyl halides is 1. The maximum absolute atomic E-state index is 10.6. The summed E-state index contributed by atoms with van der Waals surface area (Å²) in [5.74, 6) is -0.355. The van der Waals surface area contributed by atoms with Crippen molar-refractivity contribution in [2.75, 3.05) is 5.33 Å². The van der Waals surface area contributed by atoms with Gasteiger partial charge in [0.15, 0.2) is 0 Å². The molecular formula is C7H11BrO2. The lowest BCUT2D eigenvalue weighted by Crippen LogP contribution is -2.16. The predicted molar refractivity (Wildman–Crippen MR) is 44.2 cm³/mol. The third-order valence-corrected chi connectivity index (χ3v) is 1.80. The SMILES string of the molecule is C=CC(=O)OC(CC)CBr. The molecule has 0 aliphatic heterocycles. The molecule has 0 saturated carbocycles. The Kier molecular flexibility index (Phi) is 5.30. The van der Waals surface area contributed by atoms with Gasteiger partial charge in [0.2, 0.25) is 0 Å². The van der Waals surface area contributed by atoms with Crippen LogP contribution in [0.3, 0.4) is 0 Å². The lowest BCUT2D eigenvalue weighted by atomic mass is 10.3. The summed E-state index contributed by atoms with van der Waals surface area (Å²) in [6.45, 7) is 5.25. The normalized spacial score (nSPS) is 12.2. The van der Waals surface area contributed by atoms with E-state index in [0.29, 0.717) is 5.33 Å². The highest BCUT2D eigenvalue weighted by atomic mass is 79.9. The second-order valence-electron chi connectivity index (χ2n) is 1.83. The average Bonchev–Trinajstić information content (AvgIpc) is 1.99. The molecule has 0 heterocycles. The van der Waals surface area contributed by atoms with E-state index in [4.69, 9.17) is 4.74 Å². The van der Waals surface area contributed by atoms with Gasteiger partial charge in [-0.1, -0.05) is 29.4 Å². The summed E-state index contributed by atoms with van der Waals surface area (Å²) in [7, 11) is 0. The van der Waals surface area contributed by atoms with E-state index in [0.717, 1.165) is 6.42 Å². The Hall–Kier alpha value is -0.310. The molecule has 1 unspecified atom stereocenters. The second kappa shape index (κ2) is 5.47. The predicted octanol–water partition coefficient (Wildman–Crippen LogP) is 1.89. The molecule has 0 spiro atoms. The van der Waals surface area contributed by atoms with Gasteiger partial charge < -0.3 is 4.74 Å². The van der Waals surface area contributed by atoms with Crippen molar-refractivity contribution in [1.82, 2.24) is 0 Å². The molecule has 0 saturated heterocycles. The maximum Gasteiger partial charge on any atom is 0.330 e. The molecule has 0 rings (SSSR count). The molecular weight excluding hydrogens is 196 g/mol. The highest BCUT2D eigenvalue weighted by Gasteiger charge is 2.06. The Morgan fingerprint density at radius 1 is 1.90 bits per heavy atom. The van der Waals surface area contributed by atoms with Crippen molar-refractivity contribution in [2.24, 2.45) is 0 Å². The van der Waals surface area contributed by atoms with Gasteiger partial charge in [0, 0.05) is 11.4 Å². The van der Waals surface area contributed by atoms with Crippen molar-refractivity contribution in [2.45, 2.75) is 19.4 Å². The van der Waals surface area contributed by atoms with Gasteiger partial charge >= 0.3 is 5.97 Å². The molecule has 10 heavy (non-hydrogen) atoms. The van der Waals surface area contributed by atoms with Crippen LogP contribution < -0.4 is 0 Å². The average molecular weight is 207 g/mol. The molecule has 2 nitrogen and oxygen atoms in total. The van der Waals surface area contributed by atoms with E-state index in [-0.39, 0.29) is 12.1 Å². The number of esters is 1. The van der Waals surface area contributed by atoms with Crippen molar-refractivity contribution >= 4 is 21.9 Å². The Labute approximate surface area is 69.4 Å². The minimum absolute atomic E-state index is 0.0227. The van der Waals surface area contributed by atoms with Crippen molar-refractivity contribution in [3.8, 4) is 0 Å². The smallest absolute Gasteiger partial charge is 0.330 e. The van der Waals surface area contributed by atoms with Gasteiger partial charge in [-0.15, -0.1) is 0 Å². The molecule has 0 aliphatic rings. The summed E-state index contributed by atoms with van der Waals surface area (Å²) in [6, 6.07) is 0. The van der Waals surface area contributed by atoms with Crippen LogP contribution in [0.25, 0.3) is 0 Å². The fourth-order valence-corrected chi connectivity index (χ4v) is 1.03. The first kappa shape index (κ1) is 9.69. The van der Waals surface area contributed by atoms with Crippen LogP contribution in [0.4, 0.5) is 0 Å². The van der Waals surface area contributed by atoms with Crippen LogP contribution >= 0.6 is 15.9 Å². The fraction of sp³-hybridized carbons (Fsp3) is 0.571. The minimum Gasteiger partial charge on any atom is -0.458 e. The first-order chi connectivity index (χ1) is 4.74. The van der Waals surface area contributed by atoms with Crippen LogP contribution in [0.15, 0.2) is 12.7 Å². The van der Waals surface area contributed by atoms with Gasteiger partial charge in [0.05, 0.1) is 0 Å². The quantitative estimate of drug-likeness (QED) is 0.399. The summed E-state index contributed by atoms with van der Waals surface area (Å²) in [5.41, 5.74) is 0. The zero-order valence-corrected chi connectivity index (χ0v) is 7.56. The zero-order chi connectivity index (χ0) is 7.98. The van der Waals surface area contributed by atoms with Gasteiger partial charge in [-0.3, -0.25) is 0 Å². The molecule has 0 aromatic rings. The topological polar surface area (TPSA) is 26.3 Å². The van der Waals surface area contributed by atoms with Gasteiger partial charge in [-0.05, 0) is 6.42 Å². The summed E-state index contributed by atoms with van der Waals surface area (Å²) < 4.78 is 4.89. The third kappa shape index (κ3) is 3.67. The zero-order valence-electron chi connectivity index (χ0n) is 5.97. The van der Waals surface area contributed by atoms with E-state index in [2.05, 4.69) is 22.5 Å². The molecule has 0 bridgehead atoms. The first-order valence-electron chi connectivity index (χ1n) is 3.13. The van der Waals surface area contributed by atoms with Crippen molar-refractivity contribution in [3.63, 3.8) is 0 Å². The highest BCUT2D eigenvalue weighted by Crippen LogP contribution is 2.02. The van der Waals surface area contributed by atoms with Crippen LogP contribution in [0.1, 0.15) is 13.3 Å². The van der Waals surface area contributed by atoms with Crippen LogP contribution in [-0.4, -0.2) is 17.4 Å². The second-order valence-corrected chi connectivity index (χ2v) is 2.47. The molecule has 0 fully saturated rings. The number of halogens is 1. The third-order valence-electron chi connectivity index (χ3n) is 1.08. The molecule has 1 atom stereocenters.